The Morgan fingerprint density at radius 3 is 2.64 bits per heavy atom. The molecule has 2 aliphatic rings. The lowest BCUT2D eigenvalue weighted by molar-refractivity contribution is 0.326. The van der Waals surface area contributed by atoms with Gasteiger partial charge in [0.15, 0.2) is 0 Å². The van der Waals surface area contributed by atoms with Crippen molar-refractivity contribution < 1.29 is 8.42 Å². The number of aromatic nitrogens is 4. The maximum absolute atomic E-state index is 12.3. The molecule has 136 valence electrons. The minimum atomic E-state index is -3.07. The molecule has 3 heterocycles. The van der Waals surface area contributed by atoms with Gasteiger partial charge >= 0.3 is 0 Å². The van der Waals surface area contributed by atoms with Crippen LogP contribution < -0.4 is 4.90 Å². The molecule has 8 nitrogen and oxygen atoms in total. The molecule has 0 aromatic carbocycles. The molecule has 0 bridgehead atoms. The van der Waals surface area contributed by atoms with Gasteiger partial charge in [0.2, 0.25) is 10.0 Å². The van der Waals surface area contributed by atoms with E-state index in [1.54, 1.807) is 15.9 Å². The van der Waals surface area contributed by atoms with E-state index in [0.717, 1.165) is 50.3 Å². The van der Waals surface area contributed by atoms with Crippen molar-refractivity contribution in [3.05, 3.63) is 18.1 Å². The SMILES string of the molecule is Cc1cc(N2CCC(CN(C)S(=O)(=O)C3CC3)CC2)n2ncnc2n1. The van der Waals surface area contributed by atoms with Gasteiger partial charge in [-0.2, -0.15) is 14.6 Å². The van der Waals surface area contributed by atoms with Crippen molar-refractivity contribution in [3.63, 3.8) is 0 Å². The average Bonchev–Trinajstić information content (AvgIpc) is 3.35. The first-order valence-electron chi connectivity index (χ1n) is 8.82. The quantitative estimate of drug-likeness (QED) is 0.789. The summed E-state index contributed by atoms with van der Waals surface area (Å²) in [6.07, 6.45) is 5.11. The zero-order valence-corrected chi connectivity index (χ0v) is 15.5. The molecule has 4 rings (SSSR count). The summed E-state index contributed by atoms with van der Waals surface area (Å²) in [5.41, 5.74) is 0.924. The largest absolute Gasteiger partial charge is 0.356 e. The second-order valence-corrected chi connectivity index (χ2v) is 9.50. The first-order valence-corrected chi connectivity index (χ1v) is 10.3. The third kappa shape index (κ3) is 3.22. The number of piperidine rings is 1. The van der Waals surface area contributed by atoms with Gasteiger partial charge in [0.25, 0.3) is 5.78 Å². The Morgan fingerprint density at radius 1 is 1.24 bits per heavy atom. The Kier molecular flexibility index (Phi) is 4.15. The summed E-state index contributed by atoms with van der Waals surface area (Å²) in [6, 6.07) is 2.03. The summed E-state index contributed by atoms with van der Waals surface area (Å²) in [4.78, 5) is 10.9. The molecule has 0 N–H and O–H groups in total. The first-order chi connectivity index (χ1) is 11.9. The van der Waals surface area contributed by atoms with Gasteiger partial charge in [-0.3, -0.25) is 0 Å². The lowest BCUT2D eigenvalue weighted by Crippen LogP contribution is -2.41. The van der Waals surface area contributed by atoms with E-state index in [1.807, 2.05) is 13.0 Å². The van der Waals surface area contributed by atoms with Crippen LogP contribution in [0.1, 0.15) is 31.4 Å². The molecule has 0 radical (unpaired) electrons. The minimum Gasteiger partial charge on any atom is -0.356 e. The molecular formula is C16H24N6O2S. The zero-order chi connectivity index (χ0) is 17.6. The molecule has 0 atom stereocenters. The van der Waals surface area contributed by atoms with Crippen molar-refractivity contribution in [2.75, 3.05) is 31.6 Å². The number of hydrogen-bond donors (Lipinski definition) is 0. The normalized spacial score (nSPS) is 19.9. The van der Waals surface area contributed by atoms with Crippen LogP contribution in [-0.4, -0.2) is 64.2 Å². The number of rotatable bonds is 5. The fourth-order valence-corrected chi connectivity index (χ4v) is 5.23. The third-order valence-corrected chi connectivity index (χ3v) is 7.53. The first kappa shape index (κ1) is 16.7. The maximum atomic E-state index is 12.3. The van der Waals surface area contributed by atoms with Crippen LogP contribution in [0.4, 0.5) is 5.82 Å². The standard InChI is InChI=1S/C16H24N6O2S/c1-12-9-15(22-16(19-12)17-11-18-22)21-7-5-13(6-8-21)10-20(2)25(23,24)14-3-4-14/h9,11,13-14H,3-8,10H2,1-2H3. The summed E-state index contributed by atoms with van der Waals surface area (Å²) in [6.45, 7) is 4.37. The van der Waals surface area contributed by atoms with Crippen LogP contribution in [0, 0.1) is 12.8 Å². The fourth-order valence-electron chi connectivity index (χ4n) is 3.57. The van der Waals surface area contributed by atoms with Crippen molar-refractivity contribution in [3.8, 4) is 0 Å². The molecule has 1 aliphatic heterocycles. The van der Waals surface area contributed by atoms with Crippen LogP contribution >= 0.6 is 0 Å². The highest BCUT2D eigenvalue weighted by Crippen LogP contribution is 2.32. The van der Waals surface area contributed by atoms with Crippen molar-refractivity contribution in [2.45, 2.75) is 37.9 Å². The van der Waals surface area contributed by atoms with Gasteiger partial charge in [-0.1, -0.05) is 0 Å². The Bertz CT molecular complexity index is 868. The summed E-state index contributed by atoms with van der Waals surface area (Å²) < 4.78 is 27.9. The van der Waals surface area contributed by atoms with Gasteiger partial charge in [-0.15, -0.1) is 0 Å². The topological polar surface area (TPSA) is 83.7 Å². The van der Waals surface area contributed by atoms with Gasteiger partial charge in [0.05, 0.1) is 5.25 Å². The third-order valence-electron chi connectivity index (χ3n) is 5.19. The van der Waals surface area contributed by atoms with E-state index in [-0.39, 0.29) is 5.25 Å². The summed E-state index contributed by atoms with van der Waals surface area (Å²) in [7, 11) is -1.34. The van der Waals surface area contributed by atoms with Crippen LogP contribution in [0.3, 0.4) is 0 Å². The molecule has 9 heteroatoms. The molecule has 2 aromatic heterocycles. The molecule has 0 amide bonds. The van der Waals surface area contributed by atoms with Crippen molar-refractivity contribution in [1.82, 2.24) is 23.9 Å². The van der Waals surface area contributed by atoms with Crippen LogP contribution in [0.25, 0.3) is 5.78 Å². The maximum Gasteiger partial charge on any atom is 0.254 e. The van der Waals surface area contributed by atoms with Crippen LogP contribution in [0.2, 0.25) is 0 Å². The zero-order valence-electron chi connectivity index (χ0n) is 14.7. The number of nitrogens with zero attached hydrogens (tertiary/aromatic N) is 6. The lowest BCUT2D eigenvalue weighted by Gasteiger charge is -2.34. The predicted molar refractivity (Wildman–Crippen MR) is 95.0 cm³/mol. The molecule has 2 fully saturated rings. The van der Waals surface area contributed by atoms with Gasteiger partial charge in [0, 0.05) is 38.4 Å². The van der Waals surface area contributed by atoms with E-state index in [9.17, 15) is 8.42 Å². The van der Waals surface area contributed by atoms with Gasteiger partial charge in [0.1, 0.15) is 12.1 Å². The Hall–Kier alpha value is -1.74. The Balaban J connectivity index is 1.42. The smallest absolute Gasteiger partial charge is 0.254 e. The van der Waals surface area contributed by atoms with Crippen molar-refractivity contribution in [1.29, 1.82) is 0 Å². The summed E-state index contributed by atoms with van der Waals surface area (Å²) in [5.74, 6) is 2.04. The molecular weight excluding hydrogens is 340 g/mol. The number of anilines is 1. The molecule has 1 saturated heterocycles. The van der Waals surface area contributed by atoms with E-state index in [2.05, 4.69) is 20.0 Å². The van der Waals surface area contributed by atoms with Gasteiger partial charge in [-0.25, -0.2) is 17.7 Å². The number of fused-ring (bicyclic) bond motifs is 1. The highest BCUT2D eigenvalue weighted by atomic mass is 32.2. The van der Waals surface area contributed by atoms with E-state index in [0.29, 0.717) is 18.2 Å². The molecule has 1 aliphatic carbocycles. The Morgan fingerprint density at radius 2 is 1.96 bits per heavy atom. The number of sulfonamides is 1. The van der Waals surface area contributed by atoms with Crippen LogP contribution in [0.15, 0.2) is 12.4 Å². The number of hydrogen-bond acceptors (Lipinski definition) is 6. The van der Waals surface area contributed by atoms with Crippen molar-refractivity contribution in [2.24, 2.45) is 5.92 Å². The highest BCUT2D eigenvalue weighted by molar-refractivity contribution is 7.90. The fraction of sp³-hybridized carbons (Fsp3) is 0.688. The predicted octanol–water partition coefficient (Wildman–Crippen LogP) is 1.07. The summed E-state index contributed by atoms with van der Waals surface area (Å²) in [5, 5.41) is 4.15. The molecule has 0 spiro atoms. The number of aryl methyl sites for hydroxylation is 1. The van der Waals surface area contributed by atoms with Crippen LogP contribution in [-0.2, 0) is 10.0 Å². The van der Waals surface area contributed by atoms with Crippen LogP contribution in [0.5, 0.6) is 0 Å². The Labute approximate surface area is 147 Å². The average molecular weight is 364 g/mol. The molecule has 1 saturated carbocycles. The second kappa shape index (κ2) is 6.21. The molecule has 0 unspecified atom stereocenters. The van der Waals surface area contributed by atoms with Crippen molar-refractivity contribution >= 4 is 21.6 Å². The van der Waals surface area contributed by atoms with Gasteiger partial charge < -0.3 is 4.90 Å². The van der Waals surface area contributed by atoms with Gasteiger partial charge in [-0.05, 0) is 38.5 Å². The van der Waals surface area contributed by atoms with E-state index in [4.69, 9.17) is 0 Å². The van der Waals surface area contributed by atoms with E-state index < -0.39 is 10.0 Å². The van der Waals surface area contributed by atoms with E-state index in [1.165, 1.54) is 6.33 Å². The molecule has 2 aromatic rings. The summed E-state index contributed by atoms with van der Waals surface area (Å²) >= 11 is 0. The second-order valence-electron chi connectivity index (χ2n) is 7.18. The molecule has 25 heavy (non-hydrogen) atoms. The highest BCUT2D eigenvalue weighted by Gasteiger charge is 2.39. The monoisotopic (exact) mass is 364 g/mol. The lowest BCUT2D eigenvalue weighted by atomic mass is 9.97. The van der Waals surface area contributed by atoms with E-state index >= 15 is 0 Å². The minimum absolute atomic E-state index is 0.127.